The lowest BCUT2D eigenvalue weighted by atomic mass is 9.84. The Morgan fingerprint density at radius 2 is 2.19 bits per heavy atom. The summed E-state index contributed by atoms with van der Waals surface area (Å²) >= 11 is 0. The molecule has 3 rings (SSSR count). The van der Waals surface area contributed by atoms with Gasteiger partial charge in [-0.2, -0.15) is 0 Å². The monoisotopic (exact) mass is 377 g/mol. The zero-order valence-electron chi connectivity index (χ0n) is 16.1. The van der Waals surface area contributed by atoms with E-state index in [1.54, 1.807) is 12.5 Å². The van der Waals surface area contributed by atoms with Crippen molar-refractivity contribution in [3.8, 4) is 0 Å². The van der Waals surface area contributed by atoms with Gasteiger partial charge in [0.1, 0.15) is 17.2 Å². The van der Waals surface area contributed by atoms with Crippen molar-refractivity contribution in [3.63, 3.8) is 0 Å². The first-order chi connectivity index (χ1) is 12.9. The van der Waals surface area contributed by atoms with Gasteiger partial charge in [-0.05, 0) is 37.2 Å². The highest BCUT2D eigenvalue weighted by atomic mass is 19.1. The van der Waals surface area contributed by atoms with Crippen LogP contribution in [0.1, 0.15) is 45.1 Å². The summed E-state index contributed by atoms with van der Waals surface area (Å²) in [5.74, 6) is -0.334. The molecule has 1 unspecified atom stereocenters. The zero-order chi connectivity index (χ0) is 19.4. The molecule has 3 atom stereocenters. The number of imidazole rings is 1. The lowest BCUT2D eigenvalue weighted by molar-refractivity contribution is -0.0178. The molecule has 1 saturated heterocycles. The van der Waals surface area contributed by atoms with Gasteiger partial charge in [-0.3, -0.25) is 0 Å². The Balaban J connectivity index is 1.74. The van der Waals surface area contributed by atoms with Gasteiger partial charge in [0.05, 0.1) is 19.5 Å². The molecule has 1 aliphatic rings. The van der Waals surface area contributed by atoms with Crippen molar-refractivity contribution in [2.75, 3.05) is 6.61 Å². The fraction of sp³-hybridized carbons (Fsp3) is 0.571. The average molecular weight is 377 g/mol. The van der Waals surface area contributed by atoms with Crippen LogP contribution < -0.4 is 5.73 Å². The Morgan fingerprint density at radius 1 is 1.37 bits per heavy atom. The minimum Gasteiger partial charge on any atom is -0.368 e. The molecule has 27 heavy (non-hydrogen) atoms. The van der Waals surface area contributed by atoms with Crippen molar-refractivity contribution in [1.29, 1.82) is 0 Å². The largest absolute Gasteiger partial charge is 0.368 e. The third-order valence-corrected chi connectivity index (χ3v) is 5.64. The summed E-state index contributed by atoms with van der Waals surface area (Å²) in [5.41, 5.74) is 5.76. The molecule has 0 amide bonds. The molecule has 1 aromatic heterocycles. The Hall–Kier alpha value is -1.79. The SMILES string of the molecule is CC(C)C(N)CCC[C@@H]1CO[C@@](Cn2ccnc2)(c2ccc(F)cc2F)C1. The van der Waals surface area contributed by atoms with Gasteiger partial charge in [0.15, 0.2) is 0 Å². The van der Waals surface area contributed by atoms with Crippen molar-refractivity contribution in [3.05, 3.63) is 54.1 Å². The molecular formula is C21H29F2N3O. The minimum absolute atomic E-state index is 0.206. The molecule has 148 valence electrons. The molecule has 4 nitrogen and oxygen atoms in total. The van der Waals surface area contributed by atoms with E-state index in [9.17, 15) is 8.78 Å². The molecule has 6 heteroatoms. The van der Waals surface area contributed by atoms with Crippen LogP contribution in [0.2, 0.25) is 0 Å². The molecule has 0 bridgehead atoms. The summed E-state index contributed by atoms with van der Waals surface area (Å²) in [7, 11) is 0. The summed E-state index contributed by atoms with van der Waals surface area (Å²) in [6.45, 7) is 5.30. The maximum Gasteiger partial charge on any atom is 0.132 e. The molecule has 2 aromatic rings. The predicted octanol–water partition coefficient (Wildman–Crippen LogP) is 4.25. The first-order valence-electron chi connectivity index (χ1n) is 9.70. The number of hydrogen-bond acceptors (Lipinski definition) is 3. The van der Waals surface area contributed by atoms with Crippen LogP contribution >= 0.6 is 0 Å². The van der Waals surface area contributed by atoms with Crippen LogP contribution in [-0.4, -0.2) is 22.2 Å². The first-order valence-corrected chi connectivity index (χ1v) is 9.70. The second-order valence-corrected chi connectivity index (χ2v) is 8.07. The van der Waals surface area contributed by atoms with Crippen LogP contribution in [0.3, 0.4) is 0 Å². The fourth-order valence-electron chi connectivity index (χ4n) is 3.94. The number of nitrogens with zero attached hydrogens (tertiary/aromatic N) is 2. The molecule has 0 radical (unpaired) electrons. The molecule has 1 aromatic carbocycles. The highest BCUT2D eigenvalue weighted by molar-refractivity contribution is 5.26. The lowest BCUT2D eigenvalue weighted by Gasteiger charge is -2.30. The first kappa shape index (κ1) is 20.0. The van der Waals surface area contributed by atoms with Crippen LogP contribution in [0.4, 0.5) is 8.78 Å². The second-order valence-electron chi connectivity index (χ2n) is 8.07. The number of nitrogens with two attached hydrogens (primary N) is 1. The Labute approximate surface area is 159 Å². The van der Waals surface area contributed by atoms with Gasteiger partial charge in [-0.1, -0.05) is 26.3 Å². The van der Waals surface area contributed by atoms with Crippen molar-refractivity contribution < 1.29 is 13.5 Å². The second kappa shape index (κ2) is 8.48. The third-order valence-electron chi connectivity index (χ3n) is 5.64. The van der Waals surface area contributed by atoms with Crippen molar-refractivity contribution >= 4 is 0 Å². The normalized spacial score (nSPS) is 23.9. The quantitative estimate of drug-likeness (QED) is 0.748. The van der Waals surface area contributed by atoms with E-state index >= 15 is 0 Å². The standard InChI is InChI=1S/C21H29F2N3O/c1-15(2)20(24)5-3-4-16-11-21(27-12-16,13-26-9-8-25-14-26)18-7-6-17(22)10-19(18)23/h6-10,14-16,20H,3-5,11-13,24H2,1-2H3/t16-,20?,21-/m0/s1. The van der Waals surface area contributed by atoms with Crippen LogP contribution in [0.25, 0.3) is 0 Å². The molecule has 2 heterocycles. The van der Waals surface area contributed by atoms with E-state index in [0.29, 0.717) is 37.0 Å². The van der Waals surface area contributed by atoms with Crippen LogP contribution in [-0.2, 0) is 16.9 Å². The zero-order valence-corrected chi connectivity index (χ0v) is 16.1. The molecule has 1 fully saturated rings. The maximum absolute atomic E-state index is 14.6. The fourth-order valence-corrected chi connectivity index (χ4v) is 3.94. The van der Waals surface area contributed by atoms with E-state index in [-0.39, 0.29) is 6.04 Å². The average Bonchev–Trinajstić information content (AvgIpc) is 3.25. The minimum atomic E-state index is -0.802. The number of benzene rings is 1. The Bertz CT molecular complexity index is 735. The number of ether oxygens (including phenoxy) is 1. The van der Waals surface area contributed by atoms with Gasteiger partial charge in [-0.25, -0.2) is 13.8 Å². The van der Waals surface area contributed by atoms with Crippen molar-refractivity contribution in [2.45, 2.75) is 57.7 Å². The topological polar surface area (TPSA) is 53.1 Å². The number of hydrogen-bond donors (Lipinski definition) is 1. The third kappa shape index (κ3) is 4.74. The Morgan fingerprint density at radius 3 is 2.85 bits per heavy atom. The summed E-state index contributed by atoms with van der Waals surface area (Å²) in [4.78, 5) is 4.07. The molecular weight excluding hydrogens is 348 g/mol. The maximum atomic E-state index is 14.6. The van der Waals surface area contributed by atoms with Gasteiger partial charge in [0.25, 0.3) is 0 Å². The molecule has 0 aliphatic carbocycles. The Kier molecular flexibility index (Phi) is 6.27. The van der Waals surface area contributed by atoms with Gasteiger partial charge in [0, 0.05) is 30.1 Å². The van der Waals surface area contributed by atoms with Crippen molar-refractivity contribution in [1.82, 2.24) is 9.55 Å². The van der Waals surface area contributed by atoms with E-state index in [0.717, 1.165) is 25.3 Å². The van der Waals surface area contributed by atoms with Crippen LogP contribution in [0.15, 0.2) is 36.9 Å². The number of rotatable bonds is 8. The number of aromatic nitrogens is 2. The molecule has 0 saturated carbocycles. The van der Waals surface area contributed by atoms with E-state index in [1.165, 1.54) is 12.1 Å². The van der Waals surface area contributed by atoms with Crippen LogP contribution in [0.5, 0.6) is 0 Å². The highest BCUT2D eigenvalue weighted by Crippen LogP contribution is 2.43. The molecule has 2 N–H and O–H groups in total. The summed E-state index contributed by atoms with van der Waals surface area (Å²) in [6.07, 6.45) is 8.92. The van der Waals surface area contributed by atoms with Crippen LogP contribution in [0, 0.1) is 23.5 Å². The predicted molar refractivity (Wildman–Crippen MR) is 101 cm³/mol. The smallest absolute Gasteiger partial charge is 0.132 e. The van der Waals surface area contributed by atoms with Gasteiger partial charge < -0.3 is 15.0 Å². The highest BCUT2D eigenvalue weighted by Gasteiger charge is 2.43. The van der Waals surface area contributed by atoms with Crippen molar-refractivity contribution in [2.24, 2.45) is 17.6 Å². The van der Waals surface area contributed by atoms with Gasteiger partial charge in [0.2, 0.25) is 0 Å². The lowest BCUT2D eigenvalue weighted by Crippen LogP contribution is -2.32. The van der Waals surface area contributed by atoms with Gasteiger partial charge >= 0.3 is 0 Å². The van der Waals surface area contributed by atoms with Gasteiger partial charge in [-0.15, -0.1) is 0 Å². The molecule has 0 spiro atoms. The van der Waals surface area contributed by atoms with E-state index in [4.69, 9.17) is 10.5 Å². The van der Waals surface area contributed by atoms with E-state index in [1.807, 2.05) is 10.8 Å². The van der Waals surface area contributed by atoms with E-state index < -0.39 is 17.2 Å². The molecule has 1 aliphatic heterocycles. The number of halogens is 2. The summed E-state index contributed by atoms with van der Waals surface area (Å²) in [5, 5.41) is 0. The van der Waals surface area contributed by atoms with E-state index in [2.05, 4.69) is 18.8 Å². The summed E-state index contributed by atoms with van der Waals surface area (Å²) < 4.78 is 36.1. The summed E-state index contributed by atoms with van der Waals surface area (Å²) in [6, 6.07) is 3.95.